The molecule has 6 rings (SSSR count). The van der Waals surface area contributed by atoms with Gasteiger partial charge in [-0.25, -0.2) is 0 Å². The second-order valence-electron chi connectivity index (χ2n) is 10.7. The molecule has 4 aromatic carbocycles. The van der Waals surface area contributed by atoms with Crippen molar-refractivity contribution in [2.45, 2.75) is 45.6 Å². The van der Waals surface area contributed by atoms with Crippen molar-refractivity contribution in [1.82, 2.24) is 0 Å². The van der Waals surface area contributed by atoms with E-state index in [0.717, 1.165) is 13.1 Å². The topological polar surface area (TPSA) is 6.25 Å². The summed E-state index contributed by atoms with van der Waals surface area (Å²) in [6.45, 7) is 8.88. The van der Waals surface area contributed by atoms with Crippen molar-refractivity contribution < 1.29 is 4.58 Å². The first-order valence-corrected chi connectivity index (χ1v) is 13.6. The first-order valence-electron chi connectivity index (χ1n) is 13.6. The zero-order valence-electron chi connectivity index (χ0n) is 22.1. The van der Waals surface area contributed by atoms with Crippen molar-refractivity contribution in [1.29, 1.82) is 0 Å². The van der Waals surface area contributed by atoms with E-state index in [1.807, 2.05) is 0 Å². The van der Waals surface area contributed by atoms with E-state index < -0.39 is 0 Å². The monoisotopic (exact) mass is 483 g/mol. The lowest BCUT2D eigenvalue weighted by molar-refractivity contribution is -0.436. The highest BCUT2D eigenvalue weighted by Crippen LogP contribution is 2.48. The van der Waals surface area contributed by atoms with Crippen molar-refractivity contribution >= 4 is 27.9 Å². The van der Waals surface area contributed by atoms with E-state index in [2.05, 4.69) is 139 Å². The van der Waals surface area contributed by atoms with E-state index in [9.17, 15) is 0 Å². The van der Waals surface area contributed by atoms with Gasteiger partial charge >= 0.3 is 0 Å². The number of fused-ring (bicyclic) bond motifs is 1. The summed E-state index contributed by atoms with van der Waals surface area (Å²) >= 11 is 0. The minimum atomic E-state index is -0.0685. The smallest absolute Gasteiger partial charge is 0.214 e. The Labute approximate surface area is 220 Å². The summed E-state index contributed by atoms with van der Waals surface area (Å²) in [6.07, 6.45) is 9.31. The van der Waals surface area contributed by atoms with Crippen molar-refractivity contribution in [3.05, 3.63) is 132 Å². The van der Waals surface area contributed by atoms with Crippen LogP contribution in [0.25, 0.3) is 10.8 Å². The van der Waals surface area contributed by atoms with Gasteiger partial charge in [0.1, 0.15) is 6.54 Å². The fraction of sp³-hybridized carbons (Fsp3) is 0.229. The third kappa shape index (κ3) is 4.01. The summed E-state index contributed by atoms with van der Waals surface area (Å²) in [4.78, 5) is 2.50. The van der Waals surface area contributed by atoms with Crippen LogP contribution in [0.5, 0.6) is 0 Å². The molecule has 0 saturated carbocycles. The summed E-state index contributed by atoms with van der Waals surface area (Å²) in [5.74, 6) is 0. The molecule has 0 N–H and O–H groups in total. The molecule has 2 heteroatoms. The van der Waals surface area contributed by atoms with Crippen LogP contribution >= 0.6 is 0 Å². The summed E-state index contributed by atoms with van der Waals surface area (Å²) in [6, 6.07) is 33.1. The summed E-state index contributed by atoms with van der Waals surface area (Å²) in [5.41, 5.74) is 9.28. The van der Waals surface area contributed by atoms with Crippen LogP contribution < -0.4 is 4.90 Å². The highest BCUT2D eigenvalue weighted by Gasteiger charge is 2.39. The Kier molecular flexibility index (Phi) is 6.04. The molecule has 0 aromatic heterocycles. The number of hydrogen-bond donors (Lipinski definition) is 0. The van der Waals surface area contributed by atoms with Gasteiger partial charge < -0.3 is 4.90 Å². The quantitative estimate of drug-likeness (QED) is 0.239. The predicted octanol–water partition coefficient (Wildman–Crippen LogP) is 8.52. The minimum Gasteiger partial charge on any atom is -0.340 e. The SMILES string of the molecule is CCCC[N+]1=C(/C=C/C=C2/N(Cc3ccccc3)c3ccccc3C2(C)C)c2cccc3cccc1c23. The molecular weight excluding hydrogens is 448 g/mol. The molecule has 2 aliphatic rings. The van der Waals surface area contributed by atoms with Gasteiger partial charge in [0, 0.05) is 41.9 Å². The number of unbranched alkanes of at least 4 members (excludes halogenated alkanes) is 1. The molecular formula is C35H35N2+. The molecule has 0 radical (unpaired) electrons. The maximum Gasteiger partial charge on any atom is 0.214 e. The van der Waals surface area contributed by atoms with E-state index in [1.165, 1.54) is 63.1 Å². The highest BCUT2D eigenvalue weighted by molar-refractivity contribution is 6.19. The molecule has 184 valence electrons. The van der Waals surface area contributed by atoms with Crippen LogP contribution in [-0.4, -0.2) is 16.8 Å². The van der Waals surface area contributed by atoms with E-state index in [0.29, 0.717) is 0 Å². The number of nitrogens with zero attached hydrogens (tertiary/aromatic N) is 2. The van der Waals surface area contributed by atoms with E-state index in [4.69, 9.17) is 0 Å². The predicted molar refractivity (Wildman–Crippen MR) is 157 cm³/mol. The Balaban J connectivity index is 1.42. The van der Waals surface area contributed by atoms with Crippen LogP contribution in [0.4, 0.5) is 11.4 Å². The van der Waals surface area contributed by atoms with Gasteiger partial charge in [-0.1, -0.05) is 106 Å². The van der Waals surface area contributed by atoms with Crippen LogP contribution in [-0.2, 0) is 12.0 Å². The normalized spacial score (nSPS) is 16.9. The molecule has 0 atom stereocenters. The highest BCUT2D eigenvalue weighted by atomic mass is 15.2. The van der Waals surface area contributed by atoms with Gasteiger partial charge in [-0.05, 0) is 34.7 Å². The Bertz CT molecular complexity index is 1550. The van der Waals surface area contributed by atoms with Crippen LogP contribution in [0.1, 0.15) is 50.3 Å². The summed E-state index contributed by atoms with van der Waals surface area (Å²) in [7, 11) is 0. The van der Waals surface area contributed by atoms with Crippen LogP contribution in [0.2, 0.25) is 0 Å². The summed E-state index contributed by atoms with van der Waals surface area (Å²) in [5, 5.41) is 2.70. The van der Waals surface area contributed by atoms with Crippen molar-refractivity contribution in [2.24, 2.45) is 0 Å². The maximum atomic E-state index is 2.52. The standard InChI is InChI=1S/C35H35N2/c1-4-5-24-36-30(28-18-11-16-27-17-12-22-32(36)34(27)28)21-13-23-33-35(2,3)29-19-9-10-20-31(29)37(33)25-26-14-7-6-8-15-26/h6-23H,4-5,24-25H2,1-3H3/q+1. The average molecular weight is 484 g/mol. The first-order chi connectivity index (χ1) is 18.1. The molecule has 37 heavy (non-hydrogen) atoms. The van der Waals surface area contributed by atoms with E-state index >= 15 is 0 Å². The third-order valence-corrected chi connectivity index (χ3v) is 7.97. The van der Waals surface area contributed by atoms with Gasteiger partial charge in [0.25, 0.3) is 0 Å². The molecule has 4 aromatic rings. The van der Waals surface area contributed by atoms with Gasteiger partial charge in [-0.3, -0.25) is 0 Å². The third-order valence-electron chi connectivity index (χ3n) is 7.97. The minimum absolute atomic E-state index is 0.0685. The molecule has 0 aliphatic carbocycles. The lowest BCUT2D eigenvalue weighted by Crippen LogP contribution is -2.25. The molecule has 2 nitrogen and oxygen atoms in total. The number of para-hydroxylation sites is 1. The Morgan fingerprint density at radius 1 is 0.838 bits per heavy atom. The number of rotatable bonds is 7. The molecule has 0 amide bonds. The van der Waals surface area contributed by atoms with Crippen molar-refractivity contribution in [2.75, 3.05) is 11.4 Å². The number of allylic oxidation sites excluding steroid dienone is 4. The van der Waals surface area contributed by atoms with Gasteiger partial charge in [0.15, 0.2) is 0 Å². The summed E-state index contributed by atoms with van der Waals surface area (Å²) < 4.78 is 2.52. The van der Waals surface area contributed by atoms with E-state index in [1.54, 1.807) is 0 Å². The Morgan fingerprint density at radius 3 is 2.41 bits per heavy atom. The Hall–Kier alpha value is -3.91. The maximum absolute atomic E-state index is 2.52. The molecule has 0 spiro atoms. The van der Waals surface area contributed by atoms with Crippen LogP contribution in [0.15, 0.2) is 115 Å². The number of hydrogen-bond acceptors (Lipinski definition) is 1. The van der Waals surface area contributed by atoms with Crippen LogP contribution in [0.3, 0.4) is 0 Å². The lowest BCUT2D eigenvalue weighted by Gasteiger charge is -2.27. The zero-order valence-corrected chi connectivity index (χ0v) is 22.1. The van der Waals surface area contributed by atoms with Gasteiger partial charge in [0.2, 0.25) is 11.4 Å². The molecule has 0 fully saturated rings. The molecule has 0 saturated heterocycles. The number of anilines is 1. The Morgan fingerprint density at radius 2 is 1.59 bits per heavy atom. The van der Waals surface area contributed by atoms with Crippen LogP contribution in [0, 0.1) is 0 Å². The van der Waals surface area contributed by atoms with Gasteiger partial charge in [-0.15, -0.1) is 0 Å². The van der Waals surface area contributed by atoms with Gasteiger partial charge in [-0.2, -0.15) is 4.58 Å². The number of benzene rings is 4. The second-order valence-corrected chi connectivity index (χ2v) is 10.7. The average Bonchev–Trinajstić information content (AvgIpc) is 3.34. The fourth-order valence-electron chi connectivity index (χ4n) is 6.08. The largest absolute Gasteiger partial charge is 0.340 e. The molecule has 0 bridgehead atoms. The molecule has 0 unspecified atom stereocenters. The van der Waals surface area contributed by atoms with Gasteiger partial charge in [0.05, 0.1) is 10.9 Å². The second kappa shape index (κ2) is 9.52. The molecule has 2 heterocycles. The van der Waals surface area contributed by atoms with Crippen molar-refractivity contribution in [3.63, 3.8) is 0 Å². The zero-order chi connectivity index (χ0) is 25.4. The van der Waals surface area contributed by atoms with Crippen molar-refractivity contribution in [3.8, 4) is 0 Å². The lowest BCUT2D eigenvalue weighted by atomic mass is 9.83. The molecule has 2 aliphatic heterocycles. The van der Waals surface area contributed by atoms with E-state index in [-0.39, 0.29) is 5.41 Å². The first kappa shape index (κ1) is 23.5. The fourth-order valence-corrected chi connectivity index (χ4v) is 6.08.